The zero-order valence-electron chi connectivity index (χ0n) is 50.2. The zero-order valence-corrected chi connectivity index (χ0v) is 50.2. The van der Waals surface area contributed by atoms with E-state index in [0.717, 1.165) is 77.9 Å². The van der Waals surface area contributed by atoms with E-state index < -0.39 is 24.2 Å². The van der Waals surface area contributed by atoms with Crippen LogP contribution in [-0.2, 0) is 45.9 Å². The molecule has 3 aromatic heterocycles. The minimum atomic E-state index is -1.74. The van der Waals surface area contributed by atoms with Crippen LogP contribution in [0, 0.1) is 20.8 Å². The molecule has 3 unspecified atom stereocenters. The number of hydrogen-bond acceptors (Lipinski definition) is 15. The first-order valence-electron chi connectivity index (χ1n) is 29.3. The molecule has 12 aromatic rings. The van der Waals surface area contributed by atoms with Crippen LogP contribution in [0.5, 0.6) is 0 Å². The number of rotatable bonds is 22. The predicted octanol–water partition coefficient (Wildman–Crippen LogP) is 14.8. The van der Waals surface area contributed by atoms with E-state index in [0.29, 0.717) is 88.1 Å². The smallest absolute Gasteiger partial charge is 0.258 e. The average molecular weight is 1180 g/mol. The van der Waals surface area contributed by atoms with E-state index in [-0.39, 0.29) is 12.2 Å². The fraction of sp³-hybridized carbons (Fsp3) is 0.189. The fourth-order valence-corrected chi connectivity index (χ4v) is 11.9. The molecule has 9 aromatic carbocycles. The molecule has 3 atom stereocenters. The molecule has 0 saturated heterocycles. The van der Waals surface area contributed by atoms with Crippen LogP contribution in [0.3, 0.4) is 0 Å². The van der Waals surface area contributed by atoms with Crippen molar-refractivity contribution in [2.24, 2.45) is 0 Å². The zero-order chi connectivity index (χ0) is 61.6. The standard InChI is InChI=1S/C74H66N6O9/c1-45-15-7-10-22-60(45)63-32-27-53(38-56(63)41-84-4)71-75-68(78-87-71)49-25-30-59(31-26-49)74(44-81,67(83)50-19-14-21-52(37-50)70-77-73(89-80-70)55-29-34-65(58(40-55)43-86-6)62-24-12-9-17-47(62)3)66(82)36-48-18-13-20-51(35-48)69-76-72(88-79-69)54-28-33-64(57(39-54)42-85-5)61-23-11-8-16-46(61)2/h7-35,37-40,66-67,81-83H,36,41-44H2,1-6H3. The van der Waals surface area contributed by atoms with Crippen molar-refractivity contribution in [3.8, 4) is 102 Å². The first kappa shape index (κ1) is 59.5. The van der Waals surface area contributed by atoms with Crippen molar-refractivity contribution in [2.75, 3.05) is 27.9 Å². The molecule has 0 aliphatic heterocycles. The molecule has 0 aliphatic rings. The first-order valence-corrected chi connectivity index (χ1v) is 29.3. The van der Waals surface area contributed by atoms with Gasteiger partial charge in [-0.2, -0.15) is 15.0 Å². The molecule has 89 heavy (non-hydrogen) atoms. The maximum absolute atomic E-state index is 13.0. The summed E-state index contributed by atoms with van der Waals surface area (Å²) in [6, 6.07) is 64.3. The summed E-state index contributed by atoms with van der Waals surface area (Å²) >= 11 is 0. The monoisotopic (exact) mass is 1180 g/mol. The Labute approximate surface area is 515 Å². The minimum Gasteiger partial charge on any atom is -0.395 e. The van der Waals surface area contributed by atoms with Gasteiger partial charge in [-0.05, 0) is 159 Å². The molecule has 0 radical (unpaired) electrons. The molecule has 0 fully saturated rings. The van der Waals surface area contributed by atoms with Gasteiger partial charge in [0.15, 0.2) is 0 Å². The summed E-state index contributed by atoms with van der Waals surface area (Å²) in [6.07, 6.45) is -2.92. The molecule has 12 rings (SSSR count). The molecular formula is C74H66N6O9. The number of nitrogens with zero attached hydrogens (tertiary/aromatic N) is 6. The van der Waals surface area contributed by atoms with Crippen LogP contribution >= 0.6 is 0 Å². The summed E-state index contributed by atoms with van der Waals surface area (Å²) in [5.74, 6) is 1.87. The second-order valence-electron chi connectivity index (χ2n) is 22.4. The number of aryl methyl sites for hydroxylation is 3. The van der Waals surface area contributed by atoms with Crippen molar-refractivity contribution in [1.82, 2.24) is 30.4 Å². The Morgan fingerprint density at radius 3 is 1.21 bits per heavy atom. The number of aliphatic hydroxyl groups excluding tert-OH is 3. The maximum Gasteiger partial charge on any atom is 0.258 e. The van der Waals surface area contributed by atoms with Crippen LogP contribution in [0.15, 0.2) is 214 Å². The summed E-state index contributed by atoms with van der Waals surface area (Å²) in [5, 5.41) is 51.0. The van der Waals surface area contributed by atoms with Gasteiger partial charge in [0, 0.05) is 54.7 Å². The third kappa shape index (κ3) is 12.2. The molecule has 0 aliphatic carbocycles. The topological polar surface area (TPSA) is 205 Å². The van der Waals surface area contributed by atoms with E-state index in [2.05, 4.69) is 72.6 Å². The SMILES string of the molecule is COCc1cc(-c2nc(-c3ccc(C(CO)(C(O)Cc4cccc(-c5noc(-c6ccc(-c7ccccc7C)c(COC)c6)n5)c4)C(O)c4cccc(-c5noc(-c6ccc(-c7ccccc7C)c(COC)c6)n5)c4)cc3)no2)ccc1-c1ccccc1C. The van der Waals surface area contributed by atoms with Crippen LogP contribution in [0.4, 0.5) is 0 Å². The molecule has 3 N–H and O–H groups in total. The first-order chi connectivity index (χ1) is 43.5. The van der Waals surface area contributed by atoms with Gasteiger partial charge in [0.2, 0.25) is 17.5 Å². The van der Waals surface area contributed by atoms with E-state index in [1.807, 2.05) is 121 Å². The summed E-state index contributed by atoms with van der Waals surface area (Å²) in [7, 11) is 5.00. The number of benzene rings is 9. The van der Waals surface area contributed by atoms with Gasteiger partial charge >= 0.3 is 0 Å². The van der Waals surface area contributed by atoms with Crippen molar-refractivity contribution in [3.63, 3.8) is 0 Å². The van der Waals surface area contributed by atoms with Crippen molar-refractivity contribution < 1.29 is 43.1 Å². The van der Waals surface area contributed by atoms with E-state index in [4.69, 9.17) is 42.7 Å². The molecule has 0 bridgehead atoms. The summed E-state index contributed by atoms with van der Waals surface area (Å²) in [5.41, 5.74) is 16.5. The Hall–Kier alpha value is -9.84. The number of methoxy groups -OCH3 is 3. The summed E-state index contributed by atoms with van der Waals surface area (Å²) in [4.78, 5) is 14.5. The van der Waals surface area contributed by atoms with Gasteiger partial charge in [-0.15, -0.1) is 0 Å². The van der Waals surface area contributed by atoms with Gasteiger partial charge in [-0.25, -0.2) is 0 Å². The highest BCUT2D eigenvalue weighted by molar-refractivity contribution is 5.77. The molecule has 15 heteroatoms. The highest BCUT2D eigenvalue weighted by Gasteiger charge is 2.47. The molecule has 0 saturated carbocycles. The lowest BCUT2D eigenvalue weighted by molar-refractivity contribution is -0.0475. The number of aromatic nitrogens is 6. The quantitative estimate of drug-likeness (QED) is 0.0577. The largest absolute Gasteiger partial charge is 0.395 e. The Kier molecular flexibility index (Phi) is 17.5. The van der Waals surface area contributed by atoms with Crippen LogP contribution in [0.1, 0.15) is 56.2 Å². The van der Waals surface area contributed by atoms with Crippen molar-refractivity contribution in [3.05, 3.63) is 250 Å². The third-order valence-corrected chi connectivity index (χ3v) is 16.6. The Balaban J connectivity index is 0.862. The van der Waals surface area contributed by atoms with Crippen LogP contribution < -0.4 is 0 Å². The molecule has 15 nitrogen and oxygen atoms in total. The van der Waals surface area contributed by atoms with Gasteiger partial charge in [0.25, 0.3) is 17.7 Å². The Morgan fingerprint density at radius 1 is 0.404 bits per heavy atom. The maximum atomic E-state index is 13.0. The molecule has 446 valence electrons. The minimum absolute atomic E-state index is 0.0118. The van der Waals surface area contributed by atoms with Gasteiger partial charge in [-0.3, -0.25) is 0 Å². The Bertz CT molecular complexity index is 4460. The molecule has 0 spiro atoms. The summed E-state index contributed by atoms with van der Waals surface area (Å²) in [6.45, 7) is 6.69. The van der Waals surface area contributed by atoms with Gasteiger partial charge in [-0.1, -0.05) is 167 Å². The lowest BCUT2D eigenvalue weighted by Gasteiger charge is -2.41. The molecule has 3 heterocycles. The highest BCUT2D eigenvalue weighted by Crippen LogP contribution is 2.44. The Morgan fingerprint density at radius 2 is 0.798 bits per heavy atom. The van der Waals surface area contributed by atoms with Crippen molar-refractivity contribution in [2.45, 2.75) is 64.6 Å². The van der Waals surface area contributed by atoms with Gasteiger partial charge < -0.3 is 43.1 Å². The lowest BCUT2D eigenvalue weighted by Crippen LogP contribution is -2.49. The predicted molar refractivity (Wildman–Crippen MR) is 342 cm³/mol. The van der Waals surface area contributed by atoms with Crippen molar-refractivity contribution in [1.29, 1.82) is 0 Å². The van der Waals surface area contributed by atoms with E-state index >= 15 is 0 Å². The van der Waals surface area contributed by atoms with E-state index in [9.17, 15) is 15.3 Å². The summed E-state index contributed by atoms with van der Waals surface area (Å²) < 4.78 is 34.5. The number of ether oxygens (including phenoxy) is 3. The van der Waals surface area contributed by atoms with Crippen LogP contribution in [0.25, 0.3) is 102 Å². The third-order valence-electron chi connectivity index (χ3n) is 16.6. The average Bonchev–Trinajstić information content (AvgIpc) is 2.31. The number of aliphatic hydroxyl groups is 3. The fourth-order valence-electron chi connectivity index (χ4n) is 11.9. The lowest BCUT2D eigenvalue weighted by atomic mass is 9.68. The van der Waals surface area contributed by atoms with Crippen LogP contribution in [-0.4, -0.2) is 79.8 Å². The highest BCUT2D eigenvalue weighted by atomic mass is 16.5. The molecule has 0 amide bonds. The van der Waals surface area contributed by atoms with Crippen molar-refractivity contribution >= 4 is 0 Å². The van der Waals surface area contributed by atoms with E-state index in [1.54, 1.807) is 63.8 Å². The van der Waals surface area contributed by atoms with Gasteiger partial charge in [0.1, 0.15) is 0 Å². The normalized spacial score (nSPS) is 12.9. The second-order valence-corrected chi connectivity index (χ2v) is 22.4. The molecular weight excluding hydrogens is 1120 g/mol. The number of hydrogen-bond donors (Lipinski definition) is 3. The van der Waals surface area contributed by atoms with Crippen LogP contribution in [0.2, 0.25) is 0 Å². The second kappa shape index (κ2) is 26.2. The van der Waals surface area contributed by atoms with E-state index in [1.165, 1.54) is 0 Å². The van der Waals surface area contributed by atoms with Gasteiger partial charge in [0.05, 0.1) is 44.1 Å².